The summed E-state index contributed by atoms with van der Waals surface area (Å²) in [6.45, 7) is 4.75. The quantitative estimate of drug-likeness (QED) is 0.150. The molecule has 9 nitrogen and oxygen atoms in total. The fraction of sp³-hybridized carbons (Fsp3) is 0.333. The lowest BCUT2D eigenvalue weighted by molar-refractivity contribution is 0.232. The van der Waals surface area contributed by atoms with Gasteiger partial charge >= 0.3 is 0 Å². The van der Waals surface area contributed by atoms with E-state index in [1.165, 1.54) is 37.6 Å². The number of hydrogen-bond acceptors (Lipinski definition) is 6. The number of ether oxygens (including phenoxy) is 1. The van der Waals surface area contributed by atoms with Crippen molar-refractivity contribution in [2.24, 2.45) is 15.9 Å². The molecule has 5 N–H and O–H groups in total. The van der Waals surface area contributed by atoms with Gasteiger partial charge in [0.15, 0.2) is 0 Å². The van der Waals surface area contributed by atoms with Gasteiger partial charge < -0.3 is 10.5 Å². The maximum Gasteiger partial charge on any atom is 0.294 e. The van der Waals surface area contributed by atoms with E-state index in [1.54, 1.807) is 17.6 Å². The van der Waals surface area contributed by atoms with E-state index in [9.17, 15) is 8.42 Å². The molecule has 10 heteroatoms. The molecule has 2 aromatic rings. The van der Waals surface area contributed by atoms with Crippen LogP contribution < -0.4 is 16.0 Å². The predicted molar refractivity (Wildman–Crippen MR) is 121 cm³/mol. The summed E-state index contributed by atoms with van der Waals surface area (Å²) >= 11 is 0. The summed E-state index contributed by atoms with van der Waals surface area (Å²) in [7, 11) is -4.02. The van der Waals surface area contributed by atoms with Crippen LogP contribution in [0.1, 0.15) is 43.7 Å². The van der Waals surface area contributed by atoms with Crippen molar-refractivity contribution in [2.75, 3.05) is 6.61 Å². The average molecular weight is 451 g/mol. The van der Waals surface area contributed by atoms with E-state index in [-0.39, 0.29) is 10.9 Å². The summed E-state index contributed by atoms with van der Waals surface area (Å²) < 4.78 is 35.2. The van der Waals surface area contributed by atoms with Crippen LogP contribution in [0.15, 0.2) is 63.6 Å². The zero-order valence-electron chi connectivity index (χ0n) is 17.7. The van der Waals surface area contributed by atoms with Crippen LogP contribution in [-0.4, -0.2) is 37.0 Å². The lowest BCUT2D eigenvalue weighted by Crippen LogP contribution is -2.27. The molecular weight excluding hydrogens is 420 g/mol. The highest BCUT2D eigenvalue weighted by Gasteiger charge is 2.06. The van der Waals surface area contributed by atoms with Gasteiger partial charge in [-0.05, 0) is 43.2 Å². The summed E-state index contributed by atoms with van der Waals surface area (Å²) in [5.74, 6) is 0.646. The molecule has 0 saturated carbocycles. The molecule has 0 heterocycles. The Labute approximate surface area is 183 Å². The van der Waals surface area contributed by atoms with Crippen LogP contribution in [0.5, 0.6) is 5.75 Å². The number of unbranched alkanes of at least 4 members (excludes halogenated alkanes) is 3. The molecule has 2 aromatic carbocycles. The summed E-state index contributed by atoms with van der Waals surface area (Å²) in [4.78, 5) is -0.0666. The Morgan fingerprint density at radius 2 is 1.87 bits per heavy atom. The van der Waals surface area contributed by atoms with Crippen molar-refractivity contribution in [3.63, 3.8) is 0 Å². The topological polar surface area (TPSA) is 147 Å². The first-order valence-corrected chi connectivity index (χ1v) is 11.2. The Hall–Kier alpha value is -2.95. The monoisotopic (exact) mass is 450 g/mol. The van der Waals surface area contributed by atoms with E-state index in [1.807, 2.05) is 31.2 Å². The van der Waals surface area contributed by atoms with Crippen molar-refractivity contribution in [3.8, 4) is 5.75 Å². The maximum absolute atomic E-state index is 10.5. The number of hydroxylamine groups is 1. The maximum atomic E-state index is 10.5. The molecular formula is C21H30N4O5S. The molecule has 0 bridgehead atoms. The van der Waals surface area contributed by atoms with Gasteiger partial charge in [0, 0.05) is 0 Å². The molecule has 0 fully saturated rings. The molecule has 0 aliphatic rings. The van der Waals surface area contributed by atoms with Gasteiger partial charge in [-0.1, -0.05) is 56.0 Å². The molecule has 0 aliphatic carbocycles. The van der Waals surface area contributed by atoms with Crippen molar-refractivity contribution in [2.45, 2.75) is 44.4 Å². The van der Waals surface area contributed by atoms with Crippen LogP contribution in [0.3, 0.4) is 0 Å². The number of aryl methyl sites for hydroxylation is 1. The smallest absolute Gasteiger partial charge is 0.294 e. The van der Waals surface area contributed by atoms with Gasteiger partial charge in [-0.3, -0.25) is 9.76 Å². The molecule has 2 rings (SSSR count). The van der Waals surface area contributed by atoms with E-state index in [4.69, 9.17) is 20.2 Å². The van der Waals surface area contributed by atoms with Crippen molar-refractivity contribution in [1.29, 1.82) is 0 Å². The molecule has 0 aromatic heterocycles. The van der Waals surface area contributed by atoms with Gasteiger partial charge in [0.05, 0.1) is 17.7 Å². The SMILES string of the molecule is CCCCCCOc1cccc(C=N/N=C(\N)NO)c1.Cc1ccc(S(=O)(=O)O)cc1. The van der Waals surface area contributed by atoms with Gasteiger partial charge in [0.2, 0.25) is 5.96 Å². The minimum Gasteiger partial charge on any atom is -0.494 e. The lowest BCUT2D eigenvalue weighted by Gasteiger charge is -2.06. The number of nitrogens with one attached hydrogen (secondary N) is 1. The third kappa shape index (κ3) is 11.7. The fourth-order valence-corrected chi connectivity index (χ4v) is 2.77. The first-order chi connectivity index (χ1) is 14.8. The van der Waals surface area contributed by atoms with Gasteiger partial charge in [-0.25, -0.2) is 5.48 Å². The molecule has 0 amide bonds. The Morgan fingerprint density at radius 1 is 1.16 bits per heavy atom. The molecule has 0 saturated heterocycles. The zero-order valence-corrected chi connectivity index (χ0v) is 18.5. The van der Waals surface area contributed by atoms with E-state index in [0.717, 1.165) is 29.9 Å². The minimum atomic E-state index is -4.02. The van der Waals surface area contributed by atoms with E-state index >= 15 is 0 Å². The second-order valence-corrected chi connectivity index (χ2v) is 8.03. The Kier molecular flexibility index (Phi) is 11.9. The molecule has 0 spiro atoms. The van der Waals surface area contributed by atoms with Crippen LogP contribution >= 0.6 is 0 Å². The van der Waals surface area contributed by atoms with E-state index < -0.39 is 10.1 Å². The second-order valence-electron chi connectivity index (χ2n) is 6.61. The van der Waals surface area contributed by atoms with Crippen LogP contribution in [0.2, 0.25) is 0 Å². The highest BCUT2D eigenvalue weighted by atomic mass is 32.2. The van der Waals surface area contributed by atoms with Gasteiger partial charge in [-0.2, -0.15) is 13.5 Å². The molecule has 0 radical (unpaired) electrons. The highest BCUT2D eigenvalue weighted by molar-refractivity contribution is 7.85. The largest absolute Gasteiger partial charge is 0.494 e. The zero-order chi connectivity index (χ0) is 23.1. The molecule has 170 valence electrons. The number of hydrogen-bond donors (Lipinski definition) is 4. The average Bonchev–Trinajstić information content (AvgIpc) is 2.74. The van der Waals surface area contributed by atoms with Gasteiger partial charge in [-0.15, -0.1) is 5.10 Å². The third-order valence-corrected chi connectivity index (χ3v) is 4.80. The Morgan fingerprint density at radius 3 is 2.48 bits per heavy atom. The Balaban J connectivity index is 0.000000367. The van der Waals surface area contributed by atoms with Crippen molar-refractivity contribution in [1.82, 2.24) is 5.48 Å². The summed E-state index contributed by atoms with van der Waals surface area (Å²) in [6.07, 6.45) is 6.26. The first kappa shape index (κ1) is 26.1. The molecule has 31 heavy (non-hydrogen) atoms. The van der Waals surface area contributed by atoms with Gasteiger partial charge in [0.25, 0.3) is 10.1 Å². The normalized spacial score (nSPS) is 11.7. The van der Waals surface area contributed by atoms with Crippen molar-refractivity contribution >= 4 is 22.3 Å². The Bertz CT molecular complexity index is 944. The van der Waals surface area contributed by atoms with Crippen molar-refractivity contribution in [3.05, 3.63) is 59.7 Å². The standard InChI is InChI=1S/C14H22N4O2.C7H8O3S/c1-2-3-4-5-9-20-13-8-6-7-12(10-13)11-16-17-14(15)18-19;1-6-2-4-7(5-3-6)11(8,9)10/h6-8,10-11,19H,2-5,9H2,1H3,(H3,15,17,18);2-5H,1H3,(H,8,9,10). The summed E-state index contributed by atoms with van der Waals surface area (Å²) in [5, 5.41) is 15.7. The number of nitrogens with two attached hydrogens (primary N) is 1. The number of benzene rings is 2. The van der Waals surface area contributed by atoms with E-state index in [2.05, 4.69) is 17.1 Å². The summed E-state index contributed by atoms with van der Waals surface area (Å²) in [6, 6.07) is 13.5. The molecule has 0 aliphatic heterocycles. The minimum absolute atomic E-state index is 0.0666. The first-order valence-electron chi connectivity index (χ1n) is 9.80. The number of nitrogens with zero attached hydrogens (tertiary/aromatic N) is 2. The predicted octanol–water partition coefficient (Wildman–Crippen LogP) is 3.51. The van der Waals surface area contributed by atoms with Crippen molar-refractivity contribution < 1.29 is 22.9 Å². The third-order valence-electron chi connectivity index (χ3n) is 3.93. The van der Waals surface area contributed by atoms with Crippen LogP contribution in [0.25, 0.3) is 0 Å². The fourth-order valence-electron chi connectivity index (χ4n) is 2.29. The highest BCUT2D eigenvalue weighted by Crippen LogP contribution is 2.13. The van der Waals surface area contributed by atoms with E-state index in [0.29, 0.717) is 0 Å². The lowest BCUT2D eigenvalue weighted by atomic mass is 10.2. The van der Waals surface area contributed by atoms with Crippen LogP contribution in [0, 0.1) is 6.92 Å². The van der Waals surface area contributed by atoms with Gasteiger partial charge in [0.1, 0.15) is 5.75 Å². The number of rotatable bonds is 9. The van der Waals surface area contributed by atoms with Crippen LogP contribution in [-0.2, 0) is 10.1 Å². The summed E-state index contributed by atoms with van der Waals surface area (Å²) in [5.41, 5.74) is 8.73. The van der Waals surface area contributed by atoms with Crippen LogP contribution in [0.4, 0.5) is 0 Å². The second kappa shape index (κ2) is 14.1. The molecule has 0 unspecified atom stereocenters. The number of guanidine groups is 1. The molecule has 0 atom stereocenters.